The third-order valence-electron chi connectivity index (χ3n) is 5.42. The average molecular weight is 408 g/mol. The zero-order valence-electron chi connectivity index (χ0n) is 17.5. The van der Waals surface area contributed by atoms with Crippen molar-refractivity contribution >= 4 is 16.9 Å². The van der Waals surface area contributed by atoms with Crippen molar-refractivity contribution in [3.05, 3.63) is 59.9 Å². The van der Waals surface area contributed by atoms with Crippen molar-refractivity contribution in [2.45, 2.75) is 45.3 Å². The summed E-state index contributed by atoms with van der Waals surface area (Å²) in [7, 11) is 0. The first-order valence-corrected chi connectivity index (χ1v) is 10.7. The largest absolute Gasteiger partial charge is 0.494 e. The van der Waals surface area contributed by atoms with Crippen LogP contribution in [-0.2, 0) is 22.5 Å². The molecule has 4 rings (SSSR count). The quantitative estimate of drug-likeness (QED) is 0.550. The predicted molar refractivity (Wildman–Crippen MR) is 117 cm³/mol. The molecule has 0 bridgehead atoms. The summed E-state index contributed by atoms with van der Waals surface area (Å²) in [4.78, 5) is 17.0. The molecule has 1 unspecified atom stereocenters. The Morgan fingerprint density at radius 3 is 2.87 bits per heavy atom. The maximum absolute atomic E-state index is 12.2. The molecule has 158 valence electrons. The second-order valence-electron chi connectivity index (χ2n) is 7.73. The second-order valence-corrected chi connectivity index (χ2v) is 7.73. The van der Waals surface area contributed by atoms with Gasteiger partial charge in [-0.15, -0.1) is 0 Å². The number of carbonyl (C=O) groups is 1. The lowest BCUT2D eigenvalue weighted by Crippen LogP contribution is -2.35. The van der Waals surface area contributed by atoms with E-state index in [1.807, 2.05) is 30.3 Å². The number of fused-ring (bicyclic) bond motifs is 1. The van der Waals surface area contributed by atoms with Crippen molar-refractivity contribution < 1.29 is 14.3 Å². The molecule has 2 heterocycles. The van der Waals surface area contributed by atoms with Crippen LogP contribution in [0.1, 0.15) is 30.7 Å². The van der Waals surface area contributed by atoms with Gasteiger partial charge >= 0.3 is 0 Å². The van der Waals surface area contributed by atoms with Crippen LogP contribution in [0.25, 0.3) is 11.0 Å². The minimum absolute atomic E-state index is 0.0124. The number of amides is 1. The summed E-state index contributed by atoms with van der Waals surface area (Å²) in [6, 6.07) is 16.3. The SMILES string of the molecule is Cc1ccc(OCCCn2c(CCNC(=O)C3CCCO3)nc3ccccc32)cc1. The topological polar surface area (TPSA) is 65.4 Å². The van der Waals surface area contributed by atoms with Gasteiger partial charge in [0.15, 0.2) is 0 Å². The number of nitrogens with zero attached hydrogens (tertiary/aromatic N) is 2. The molecular weight excluding hydrogens is 378 g/mol. The fourth-order valence-electron chi connectivity index (χ4n) is 3.81. The van der Waals surface area contributed by atoms with Crippen LogP contribution in [0.2, 0.25) is 0 Å². The van der Waals surface area contributed by atoms with Crippen molar-refractivity contribution in [3.63, 3.8) is 0 Å². The lowest BCUT2D eigenvalue weighted by molar-refractivity contribution is -0.130. The predicted octanol–water partition coefficient (Wildman–Crippen LogP) is 3.65. The molecule has 6 nitrogen and oxygen atoms in total. The highest BCUT2D eigenvalue weighted by Gasteiger charge is 2.23. The van der Waals surface area contributed by atoms with E-state index < -0.39 is 0 Å². The number of hydrogen-bond donors (Lipinski definition) is 1. The number of rotatable bonds is 9. The molecule has 0 saturated carbocycles. The van der Waals surface area contributed by atoms with Gasteiger partial charge in [-0.05, 0) is 50.5 Å². The highest BCUT2D eigenvalue weighted by atomic mass is 16.5. The van der Waals surface area contributed by atoms with E-state index in [0.29, 0.717) is 26.2 Å². The fraction of sp³-hybridized carbons (Fsp3) is 0.417. The first-order valence-electron chi connectivity index (χ1n) is 10.7. The van der Waals surface area contributed by atoms with Crippen LogP contribution in [0, 0.1) is 6.92 Å². The smallest absolute Gasteiger partial charge is 0.249 e. The molecule has 1 aliphatic rings. The average Bonchev–Trinajstić information content (AvgIpc) is 3.41. The summed E-state index contributed by atoms with van der Waals surface area (Å²) in [6.07, 6.45) is 3.04. The molecule has 1 amide bonds. The molecular formula is C24H29N3O3. The highest BCUT2D eigenvalue weighted by molar-refractivity contribution is 5.81. The lowest BCUT2D eigenvalue weighted by Gasteiger charge is -2.12. The second kappa shape index (κ2) is 9.76. The highest BCUT2D eigenvalue weighted by Crippen LogP contribution is 2.18. The van der Waals surface area contributed by atoms with Crippen LogP contribution in [0.15, 0.2) is 48.5 Å². The number of nitrogens with one attached hydrogen (secondary N) is 1. The number of aryl methyl sites for hydroxylation is 2. The van der Waals surface area contributed by atoms with Crippen molar-refractivity contribution in [2.24, 2.45) is 0 Å². The van der Waals surface area contributed by atoms with Gasteiger partial charge in [-0.2, -0.15) is 0 Å². The van der Waals surface area contributed by atoms with Gasteiger partial charge in [0.25, 0.3) is 0 Å². The molecule has 0 spiro atoms. The van der Waals surface area contributed by atoms with Crippen LogP contribution >= 0.6 is 0 Å². The van der Waals surface area contributed by atoms with Crippen LogP contribution < -0.4 is 10.1 Å². The van der Waals surface area contributed by atoms with Crippen LogP contribution in [0.4, 0.5) is 0 Å². The lowest BCUT2D eigenvalue weighted by atomic mass is 10.2. The van der Waals surface area contributed by atoms with Crippen molar-refractivity contribution in [1.29, 1.82) is 0 Å². The molecule has 0 aliphatic carbocycles. The molecule has 0 radical (unpaired) electrons. The standard InChI is InChI=1S/C24H29N3O3/c1-18-9-11-19(12-10-18)29-17-5-15-27-21-7-3-2-6-20(21)26-23(27)13-14-25-24(28)22-8-4-16-30-22/h2-3,6-7,9-12,22H,4-5,8,13-17H2,1H3,(H,25,28). The van der Waals surface area contributed by atoms with Crippen molar-refractivity contribution in [3.8, 4) is 5.75 Å². The Morgan fingerprint density at radius 2 is 2.07 bits per heavy atom. The summed E-state index contributed by atoms with van der Waals surface area (Å²) in [5.41, 5.74) is 3.33. The zero-order chi connectivity index (χ0) is 20.8. The fourth-order valence-corrected chi connectivity index (χ4v) is 3.81. The number of imidazole rings is 1. The first kappa shape index (κ1) is 20.4. The Bertz CT molecular complexity index is 975. The van der Waals surface area contributed by atoms with E-state index in [4.69, 9.17) is 14.5 Å². The maximum Gasteiger partial charge on any atom is 0.249 e. The molecule has 3 aromatic rings. The van der Waals surface area contributed by atoms with E-state index in [1.54, 1.807) is 0 Å². The summed E-state index contributed by atoms with van der Waals surface area (Å²) in [5, 5.41) is 3.00. The van der Waals surface area contributed by atoms with Crippen LogP contribution in [0.5, 0.6) is 5.75 Å². The zero-order valence-corrected chi connectivity index (χ0v) is 17.5. The Labute approximate surface area is 177 Å². The monoisotopic (exact) mass is 407 g/mol. The van der Waals surface area contributed by atoms with Gasteiger partial charge in [-0.25, -0.2) is 4.98 Å². The molecule has 1 N–H and O–H groups in total. The number of ether oxygens (including phenoxy) is 2. The van der Waals surface area contributed by atoms with E-state index in [-0.39, 0.29) is 12.0 Å². The van der Waals surface area contributed by atoms with E-state index in [9.17, 15) is 4.79 Å². The van der Waals surface area contributed by atoms with Gasteiger partial charge in [0.1, 0.15) is 17.7 Å². The molecule has 1 aliphatic heterocycles. The van der Waals surface area contributed by atoms with Crippen molar-refractivity contribution in [1.82, 2.24) is 14.9 Å². The normalized spacial score (nSPS) is 16.1. The summed E-state index contributed by atoms with van der Waals surface area (Å²) < 4.78 is 13.6. The Morgan fingerprint density at radius 1 is 1.23 bits per heavy atom. The van der Waals surface area contributed by atoms with E-state index >= 15 is 0 Å². The molecule has 30 heavy (non-hydrogen) atoms. The number of para-hydroxylation sites is 2. The van der Waals surface area contributed by atoms with Gasteiger partial charge in [-0.1, -0.05) is 29.8 Å². The number of hydrogen-bond acceptors (Lipinski definition) is 4. The molecule has 1 saturated heterocycles. The number of aromatic nitrogens is 2. The maximum atomic E-state index is 12.2. The Balaban J connectivity index is 1.34. The van der Waals surface area contributed by atoms with Crippen LogP contribution in [-0.4, -0.2) is 41.3 Å². The minimum Gasteiger partial charge on any atom is -0.494 e. The first-order chi connectivity index (χ1) is 14.7. The summed E-state index contributed by atoms with van der Waals surface area (Å²) in [5.74, 6) is 1.87. The van der Waals surface area contributed by atoms with E-state index in [0.717, 1.165) is 48.4 Å². The molecule has 2 aromatic carbocycles. The molecule has 6 heteroatoms. The summed E-state index contributed by atoms with van der Waals surface area (Å²) in [6.45, 7) is 4.77. The Kier molecular flexibility index (Phi) is 6.64. The van der Waals surface area contributed by atoms with Gasteiger partial charge in [0.2, 0.25) is 5.91 Å². The van der Waals surface area contributed by atoms with E-state index in [2.05, 4.69) is 35.0 Å². The number of carbonyl (C=O) groups excluding carboxylic acids is 1. The van der Waals surface area contributed by atoms with Gasteiger partial charge < -0.3 is 19.4 Å². The third-order valence-corrected chi connectivity index (χ3v) is 5.42. The summed E-state index contributed by atoms with van der Waals surface area (Å²) >= 11 is 0. The van der Waals surface area contributed by atoms with Crippen molar-refractivity contribution in [2.75, 3.05) is 19.8 Å². The molecule has 1 atom stereocenters. The molecule has 1 fully saturated rings. The van der Waals surface area contributed by atoms with E-state index in [1.165, 1.54) is 5.56 Å². The van der Waals surface area contributed by atoms with Crippen LogP contribution in [0.3, 0.4) is 0 Å². The third kappa shape index (κ3) is 5.00. The van der Waals surface area contributed by atoms with Gasteiger partial charge in [-0.3, -0.25) is 4.79 Å². The Hall–Kier alpha value is -2.86. The van der Waals surface area contributed by atoms with Gasteiger partial charge in [0, 0.05) is 26.1 Å². The minimum atomic E-state index is -0.289. The molecule has 1 aromatic heterocycles. The number of benzene rings is 2. The van der Waals surface area contributed by atoms with Gasteiger partial charge in [0.05, 0.1) is 17.6 Å².